The van der Waals surface area contributed by atoms with Gasteiger partial charge < -0.3 is 4.90 Å². The fourth-order valence-electron chi connectivity index (χ4n) is 2.64. The SMILES string of the molecule is CCN(Cc1cccs1)C(=O)C1CCCN(S(C)(=O)=O)C1. The van der Waals surface area contributed by atoms with Gasteiger partial charge in [0.05, 0.1) is 18.7 Å². The first-order chi connectivity index (χ1) is 9.91. The molecular weight excluding hydrogens is 308 g/mol. The predicted octanol–water partition coefficient (Wildman–Crippen LogP) is 1.77. The molecule has 1 atom stereocenters. The van der Waals surface area contributed by atoms with Crippen molar-refractivity contribution in [2.45, 2.75) is 26.3 Å². The molecule has 1 amide bonds. The molecule has 0 radical (unpaired) electrons. The number of carbonyl (C=O) groups is 1. The Morgan fingerprint density at radius 3 is 2.86 bits per heavy atom. The predicted molar refractivity (Wildman–Crippen MR) is 84.6 cm³/mol. The lowest BCUT2D eigenvalue weighted by molar-refractivity contribution is -0.137. The third-order valence-electron chi connectivity index (χ3n) is 3.82. The second-order valence-electron chi connectivity index (χ2n) is 5.39. The lowest BCUT2D eigenvalue weighted by Crippen LogP contribution is -2.46. The largest absolute Gasteiger partial charge is 0.338 e. The van der Waals surface area contributed by atoms with Crippen LogP contribution in [-0.2, 0) is 21.4 Å². The fourth-order valence-corrected chi connectivity index (χ4v) is 4.27. The second kappa shape index (κ2) is 6.89. The van der Waals surface area contributed by atoms with Gasteiger partial charge in [-0.3, -0.25) is 4.79 Å². The van der Waals surface area contributed by atoms with Gasteiger partial charge in [-0.25, -0.2) is 12.7 Å². The maximum absolute atomic E-state index is 12.6. The third-order valence-corrected chi connectivity index (χ3v) is 5.95. The Morgan fingerprint density at radius 1 is 1.52 bits per heavy atom. The Hall–Kier alpha value is -0.920. The van der Waals surface area contributed by atoms with E-state index >= 15 is 0 Å². The molecule has 0 bridgehead atoms. The first-order valence-electron chi connectivity index (χ1n) is 7.18. The van der Waals surface area contributed by atoms with Crippen LogP contribution < -0.4 is 0 Å². The van der Waals surface area contributed by atoms with Crippen LogP contribution in [0.4, 0.5) is 0 Å². The molecule has 0 saturated carbocycles. The van der Waals surface area contributed by atoms with Gasteiger partial charge in [0, 0.05) is 24.5 Å². The summed E-state index contributed by atoms with van der Waals surface area (Å²) < 4.78 is 24.7. The second-order valence-corrected chi connectivity index (χ2v) is 8.41. The zero-order valence-electron chi connectivity index (χ0n) is 12.5. The van der Waals surface area contributed by atoms with Gasteiger partial charge in [-0.2, -0.15) is 0 Å². The molecule has 1 aliphatic heterocycles. The van der Waals surface area contributed by atoms with E-state index in [1.165, 1.54) is 10.6 Å². The van der Waals surface area contributed by atoms with E-state index in [0.29, 0.717) is 26.2 Å². The van der Waals surface area contributed by atoms with Gasteiger partial charge in [-0.05, 0) is 31.2 Å². The van der Waals surface area contributed by atoms with Crippen molar-refractivity contribution in [3.05, 3.63) is 22.4 Å². The lowest BCUT2D eigenvalue weighted by Gasteiger charge is -2.33. The summed E-state index contributed by atoms with van der Waals surface area (Å²) in [5, 5.41) is 2.00. The number of hydrogen-bond donors (Lipinski definition) is 0. The number of rotatable bonds is 5. The number of nitrogens with zero attached hydrogens (tertiary/aromatic N) is 2. The number of carbonyl (C=O) groups excluding carboxylic acids is 1. The third kappa shape index (κ3) is 4.28. The van der Waals surface area contributed by atoms with E-state index in [0.717, 1.165) is 17.7 Å². The summed E-state index contributed by atoms with van der Waals surface area (Å²) in [7, 11) is -3.21. The summed E-state index contributed by atoms with van der Waals surface area (Å²) in [6, 6.07) is 3.99. The van der Waals surface area contributed by atoms with Crippen molar-refractivity contribution in [2.75, 3.05) is 25.9 Å². The Morgan fingerprint density at radius 2 is 2.29 bits per heavy atom. The molecule has 0 N–H and O–H groups in total. The van der Waals surface area contributed by atoms with E-state index in [1.807, 2.05) is 29.3 Å². The Labute approximate surface area is 130 Å². The molecular formula is C14H22N2O3S2. The van der Waals surface area contributed by atoms with E-state index in [1.54, 1.807) is 11.3 Å². The van der Waals surface area contributed by atoms with Gasteiger partial charge in [-0.1, -0.05) is 6.07 Å². The van der Waals surface area contributed by atoms with Crippen molar-refractivity contribution in [1.29, 1.82) is 0 Å². The first-order valence-corrected chi connectivity index (χ1v) is 9.91. The van der Waals surface area contributed by atoms with E-state index in [-0.39, 0.29) is 11.8 Å². The van der Waals surface area contributed by atoms with Crippen LogP contribution in [0.1, 0.15) is 24.6 Å². The summed E-state index contributed by atoms with van der Waals surface area (Å²) in [6.45, 7) is 4.06. The molecule has 118 valence electrons. The standard InChI is InChI=1S/C14H22N2O3S2/c1-3-15(11-13-7-5-9-20-13)14(17)12-6-4-8-16(10-12)21(2,18)19/h5,7,9,12H,3-4,6,8,10-11H2,1-2H3. The van der Waals surface area contributed by atoms with Gasteiger partial charge in [0.15, 0.2) is 0 Å². The van der Waals surface area contributed by atoms with Gasteiger partial charge in [-0.15, -0.1) is 11.3 Å². The fraction of sp³-hybridized carbons (Fsp3) is 0.643. The Bertz CT molecular complexity index is 569. The molecule has 1 fully saturated rings. The maximum Gasteiger partial charge on any atom is 0.227 e. The first kappa shape index (κ1) is 16.5. The van der Waals surface area contributed by atoms with Crippen LogP contribution in [0.25, 0.3) is 0 Å². The molecule has 0 aromatic carbocycles. The Balaban J connectivity index is 2.03. The topological polar surface area (TPSA) is 57.7 Å². The molecule has 1 aliphatic rings. The highest BCUT2D eigenvalue weighted by molar-refractivity contribution is 7.88. The van der Waals surface area contributed by atoms with Crippen LogP contribution in [0, 0.1) is 5.92 Å². The van der Waals surface area contributed by atoms with Crippen molar-refractivity contribution >= 4 is 27.3 Å². The number of thiophene rings is 1. The van der Waals surface area contributed by atoms with E-state index in [9.17, 15) is 13.2 Å². The average Bonchev–Trinajstić information content (AvgIpc) is 2.96. The minimum Gasteiger partial charge on any atom is -0.338 e. The molecule has 0 spiro atoms. The highest BCUT2D eigenvalue weighted by atomic mass is 32.2. The Kier molecular flexibility index (Phi) is 5.40. The summed E-state index contributed by atoms with van der Waals surface area (Å²) in [5.74, 6) is -0.146. The van der Waals surface area contributed by atoms with Gasteiger partial charge >= 0.3 is 0 Å². The molecule has 1 aromatic rings. The highest BCUT2D eigenvalue weighted by Gasteiger charge is 2.32. The highest BCUT2D eigenvalue weighted by Crippen LogP contribution is 2.22. The van der Waals surface area contributed by atoms with Crippen LogP contribution in [0.15, 0.2) is 17.5 Å². The molecule has 1 aromatic heterocycles. The van der Waals surface area contributed by atoms with Crippen LogP contribution in [0.3, 0.4) is 0 Å². The van der Waals surface area contributed by atoms with Gasteiger partial charge in [0.2, 0.25) is 15.9 Å². The van der Waals surface area contributed by atoms with Crippen LogP contribution in [-0.4, -0.2) is 49.4 Å². The molecule has 1 unspecified atom stereocenters. The number of piperidine rings is 1. The molecule has 1 saturated heterocycles. The molecule has 0 aliphatic carbocycles. The van der Waals surface area contributed by atoms with Crippen molar-refractivity contribution in [3.8, 4) is 0 Å². The zero-order valence-corrected chi connectivity index (χ0v) is 14.1. The lowest BCUT2D eigenvalue weighted by atomic mass is 9.98. The molecule has 2 heterocycles. The number of sulfonamides is 1. The summed E-state index contributed by atoms with van der Waals surface area (Å²) in [5.41, 5.74) is 0. The van der Waals surface area contributed by atoms with Crippen LogP contribution >= 0.6 is 11.3 Å². The quantitative estimate of drug-likeness (QED) is 0.827. The van der Waals surface area contributed by atoms with Crippen molar-refractivity contribution in [3.63, 3.8) is 0 Å². The maximum atomic E-state index is 12.6. The molecule has 5 nitrogen and oxygen atoms in total. The minimum atomic E-state index is -3.21. The smallest absolute Gasteiger partial charge is 0.227 e. The monoisotopic (exact) mass is 330 g/mol. The van der Waals surface area contributed by atoms with Crippen molar-refractivity contribution in [1.82, 2.24) is 9.21 Å². The summed E-state index contributed by atoms with van der Waals surface area (Å²) >= 11 is 1.64. The van der Waals surface area contributed by atoms with E-state index < -0.39 is 10.0 Å². The van der Waals surface area contributed by atoms with Gasteiger partial charge in [0.1, 0.15) is 0 Å². The summed E-state index contributed by atoms with van der Waals surface area (Å²) in [6.07, 6.45) is 2.73. The minimum absolute atomic E-state index is 0.0688. The molecule has 21 heavy (non-hydrogen) atoms. The van der Waals surface area contributed by atoms with Crippen molar-refractivity contribution < 1.29 is 13.2 Å². The number of amides is 1. The van der Waals surface area contributed by atoms with E-state index in [2.05, 4.69) is 0 Å². The number of hydrogen-bond acceptors (Lipinski definition) is 4. The van der Waals surface area contributed by atoms with Crippen molar-refractivity contribution in [2.24, 2.45) is 5.92 Å². The normalized spacial score (nSPS) is 20.4. The van der Waals surface area contributed by atoms with Crippen LogP contribution in [0.2, 0.25) is 0 Å². The zero-order chi connectivity index (χ0) is 15.5. The van der Waals surface area contributed by atoms with Crippen LogP contribution in [0.5, 0.6) is 0 Å². The molecule has 2 rings (SSSR count). The van der Waals surface area contributed by atoms with E-state index in [4.69, 9.17) is 0 Å². The van der Waals surface area contributed by atoms with Gasteiger partial charge in [0.25, 0.3) is 0 Å². The average molecular weight is 330 g/mol. The summed E-state index contributed by atoms with van der Waals surface area (Å²) in [4.78, 5) is 15.6. The molecule has 7 heteroatoms.